The van der Waals surface area contributed by atoms with Gasteiger partial charge in [-0.25, -0.2) is 17.6 Å². The van der Waals surface area contributed by atoms with E-state index in [1.165, 1.54) is 30.5 Å². The van der Waals surface area contributed by atoms with Crippen molar-refractivity contribution in [2.24, 2.45) is 12.5 Å². The van der Waals surface area contributed by atoms with Gasteiger partial charge in [0.2, 0.25) is 0 Å². The van der Waals surface area contributed by atoms with Crippen LogP contribution in [0.2, 0.25) is 0 Å². The lowest BCUT2D eigenvalue weighted by molar-refractivity contribution is 0.0749. The third kappa shape index (κ3) is 4.59. The number of carbonyl (C=O) groups is 1. The van der Waals surface area contributed by atoms with Gasteiger partial charge in [0, 0.05) is 32.5 Å². The van der Waals surface area contributed by atoms with Crippen LogP contribution >= 0.6 is 0 Å². The maximum absolute atomic E-state index is 14.5. The van der Waals surface area contributed by atoms with Gasteiger partial charge >= 0.3 is 0 Å². The highest BCUT2D eigenvalue weighted by Gasteiger charge is 2.50. The molecule has 210 valence electrons. The molecule has 7 rings (SSSR count). The maximum Gasteiger partial charge on any atom is 0.191 e. The molecule has 3 atom stereocenters. The Morgan fingerprint density at radius 3 is 2.59 bits per heavy atom. The molecular weight excluding hydrogens is 539 g/mol. The van der Waals surface area contributed by atoms with Crippen LogP contribution in [-0.4, -0.2) is 51.9 Å². The molecule has 3 heterocycles. The van der Waals surface area contributed by atoms with Crippen molar-refractivity contribution in [3.63, 3.8) is 0 Å². The zero-order valence-corrected chi connectivity index (χ0v) is 23.9. The Hall–Kier alpha value is -3.76. The number of halogens is 1. The molecule has 0 spiro atoms. The van der Waals surface area contributed by atoms with Gasteiger partial charge < -0.3 is 0 Å². The summed E-state index contributed by atoms with van der Waals surface area (Å²) in [4.78, 5) is 19.2. The molecule has 2 saturated carbocycles. The molecule has 41 heavy (non-hydrogen) atoms. The van der Waals surface area contributed by atoms with Crippen LogP contribution in [0.3, 0.4) is 0 Å². The van der Waals surface area contributed by atoms with E-state index in [4.69, 9.17) is 0 Å². The van der Waals surface area contributed by atoms with Crippen LogP contribution in [0.15, 0.2) is 71.7 Å². The Kier molecular flexibility index (Phi) is 6.35. The standard InChI is InChI=1S/C31H31FN6O2S/c1-36-14-13-29(35-36)41(40)37(2)26-9-6-23-15-28-22(19-34-38(28)25-10-7-24(32)8-11-25)16-31(23,17-26)30(39)27-12-5-21(18-33-27)20-3-4-20/h5,7-8,10-15,18-20,26H,3-4,6,9,16-17H2,1-2H3. The number of fused-ring (bicyclic) bond motifs is 2. The monoisotopic (exact) mass is 570 g/mol. The first kappa shape index (κ1) is 26.2. The van der Waals surface area contributed by atoms with Crippen molar-refractivity contribution in [2.75, 3.05) is 7.05 Å². The fourth-order valence-corrected chi connectivity index (χ4v) is 7.52. The summed E-state index contributed by atoms with van der Waals surface area (Å²) >= 11 is 0. The van der Waals surface area contributed by atoms with E-state index in [1.54, 1.807) is 36.1 Å². The summed E-state index contributed by atoms with van der Waals surface area (Å²) in [6.45, 7) is 0. The third-order valence-corrected chi connectivity index (χ3v) is 10.2. The average Bonchev–Trinajstić information content (AvgIpc) is 3.64. The molecule has 2 fully saturated rings. The summed E-state index contributed by atoms with van der Waals surface area (Å²) in [5.74, 6) is 0.251. The SMILES string of the molecule is CN(C1CCC2=Cc3c(cnn3-c3ccc(F)cc3)CC2(C(=O)c2ccc(C3CC3)cn2)C1)S(=O)c1ccn(C)n1. The van der Waals surface area contributed by atoms with Gasteiger partial charge in [0.25, 0.3) is 0 Å². The summed E-state index contributed by atoms with van der Waals surface area (Å²) in [5.41, 5.74) is 4.49. The Bertz CT molecular complexity index is 1690. The van der Waals surface area contributed by atoms with E-state index in [1.807, 2.05) is 40.6 Å². The third-order valence-electron chi connectivity index (χ3n) is 8.85. The van der Waals surface area contributed by atoms with Crippen molar-refractivity contribution in [3.05, 3.63) is 95.0 Å². The van der Waals surface area contributed by atoms with Gasteiger partial charge in [-0.1, -0.05) is 11.6 Å². The second kappa shape index (κ2) is 9.95. The second-order valence-electron chi connectivity index (χ2n) is 11.5. The van der Waals surface area contributed by atoms with E-state index in [0.29, 0.717) is 35.9 Å². The molecule has 10 heteroatoms. The summed E-state index contributed by atoms with van der Waals surface area (Å²) in [6, 6.07) is 11.8. The quantitative estimate of drug-likeness (QED) is 0.291. The highest BCUT2D eigenvalue weighted by atomic mass is 32.2. The first-order valence-electron chi connectivity index (χ1n) is 14.0. The van der Waals surface area contributed by atoms with Gasteiger partial charge in [-0.3, -0.25) is 14.5 Å². The molecule has 0 N–H and O–H groups in total. The van der Waals surface area contributed by atoms with E-state index in [2.05, 4.69) is 21.3 Å². The molecule has 0 bridgehead atoms. The average molecular weight is 571 g/mol. The Labute approximate surface area is 240 Å². The molecule has 0 saturated heterocycles. The minimum atomic E-state index is -1.45. The highest BCUT2D eigenvalue weighted by Crippen LogP contribution is 2.51. The molecule has 3 aliphatic rings. The van der Waals surface area contributed by atoms with E-state index >= 15 is 0 Å². The van der Waals surface area contributed by atoms with E-state index in [0.717, 1.165) is 28.9 Å². The summed E-state index contributed by atoms with van der Waals surface area (Å²) < 4.78 is 32.4. The number of pyridine rings is 1. The number of ketones is 1. The summed E-state index contributed by atoms with van der Waals surface area (Å²) in [5, 5.41) is 9.49. The van der Waals surface area contributed by atoms with Gasteiger partial charge in [0.1, 0.15) is 22.5 Å². The molecule has 0 radical (unpaired) electrons. The number of allylic oxidation sites excluding steroid dienone is 1. The van der Waals surface area contributed by atoms with E-state index < -0.39 is 16.4 Å². The largest absolute Gasteiger partial charge is 0.291 e. The van der Waals surface area contributed by atoms with Crippen molar-refractivity contribution in [2.45, 2.75) is 55.5 Å². The lowest BCUT2D eigenvalue weighted by atomic mass is 9.60. The number of carbonyl (C=O) groups excluding carboxylic acids is 1. The van der Waals surface area contributed by atoms with E-state index in [9.17, 15) is 13.4 Å². The summed E-state index contributed by atoms with van der Waals surface area (Å²) in [7, 11) is 2.20. The molecular formula is C31H31FN6O2S. The van der Waals surface area contributed by atoms with Crippen molar-refractivity contribution in [3.8, 4) is 5.69 Å². The first-order chi connectivity index (χ1) is 19.8. The van der Waals surface area contributed by atoms with Crippen molar-refractivity contribution >= 4 is 22.8 Å². The van der Waals surface area contributed by atoms with Crippen LogP contribution in [0.1, 0.15) is 65.3 Å². The van der Waals surface area contributed by atoms with Crippen LogP contribution in [0, 0.1) is 11.2 Å². The van der Waals surface area contributed by atoms with Gasteiger partial charge in [0.15, 0.2) is 10.8 Å². The number of aryl methyl sites for hydroxylation is 1. The second-order valence-corrected chi connectivity index (χ2v) is 13.0. The molecule has 3 aliphatic carbocycles. The first-order valence-corrected chi connectivity index (χ1v) is 15.1. The molecule has 3 unspecified atom stereocenters. The van der Waals surface area contributed by atoms with Crippen molar-refractivity contribution in [1.82, 2.24) is 28.9 Å². The number of benzene rings is 1. The number of hydrogen-bond acceptors (Lipinski definition) is 5. The predicted molar refractivity (Wildman–Crippen MR) is 153 cm³/mol. The molecule has 1 aromatic carbocycles. The predicted octanol–water partition coefficient (Wildman–Crippen LogP) is 5.03. The molecule has 0 amide bonds. The fraction of sp³-hybridized carbons (Fsp3) is 0.355. The fourth-order valence-electron chi connectivity index (χ4n) is 6.39. The zero-order chi connectivity index (χ0) is 28.3. The van der Waals surface area contributed by atoms with Gasteiger partial charge in [0.05, 0.1) is 23.0 Å². The van der Waals surface area contributed by atoms with Crippen molar-refractivity contribution in [1.29, 1.82) is 0 Å². The molecule has 4 aromatic rings. The van der Waals surface area contributed by atoms with E-state index in [-0.39, 0.29) is 17.6 Å². The van der Waals surface area contributed by atoms with Gasteiger partial charge in [-0.15, -0.1) is 0 Å². The molecule has 3 aromatic heterocycles. The summed E-state index contributed by atoms with van der Waals surface area (Å²) in [6.07, 6.45) is 12.3. The highest BCUT2D eigenvalue weighted by molar-refractivity contribution is 7.82. The van der Waals surface area contributed by atoms with Crippen molar-refractivity contribution < 1.29 is 13.4 Å². The lowest BCUT2D eigenvalue weighted by Gasteiger charge is -2.45. The number of hydrogen-bond donors (Lipinski definition) is 0. The number of aromatic nitrogens is 5. The van der Waals surface area contributed by atoms with Gasteiger partial charge in [-0.2, -0.15) is 10.2 Å². The maximum atomic E-state index is 14.5. The smallest absolute Gasteiger partial charge is 0.191 e. The number of Topliss-reactive ketones (excluding diaryl/α,β-unsaturated/α-hetero) is 1. The van der Waals surface area contributed by atoms with Crippen LogP contribution in [0.25, 0.3) is 11.8 Å². The van der Waals surface area contributed by atoms with Crippen LogP contribution < -0.4 is 0 Å². The normalized spacial score (nSPS) is 22.6. The Morgan fingerprint density at radius 1 is 1.10 bits per heavy atom. The Morgan fingerprint density at radius 2 is 1.90 bits per heavy atom. The minimum absolute atomic E-state index is 0.00648. The molecule has 0 aliphatic heterocycles. The lowest BCUT2D eigenvalue weighted by Crippen LogP contribution is -2.48. The van der Waals surface area contributed by atoms with Crippen LogP contribution in [0.4, 0.5) is 4.39 Å². The van der Waals surface area contributed by atoms with Crippen LogP contribution in [-0.2, 0) is 24.5 Å². The molecule has 8 nitrogen and oxygen atoms in total. The topological polar surface area (TPSA) is 85.9 Å². The minimum Gasteiger partial charge on any atom is -0.291 e. The number of rotatable bonds is 7. The van der Waals surface area contributed by atoms with Gasteiger partial charge in [-0.05, 0) is 98.0 Å². The number of nitrogens with zero attached hydrogens (tertiary/aromatic N) is 6. The zero-order valence-electron chi connectivity index (χ0n) is 23.0. The van der Waals surface area contributed by atoms with Crippen LogP contribution in [0.5, 0.6) is 0 Å². The Balaban J connectivity index is 1.27.